The molecule has 1 aliphatic heterocycles. The normalized spacial score (nSPS) is 29.3. The molecule has 0 saturated carbocycles. The molecule has 16 heavy (non-hydrogen) atoms. The molecule has 2 atom stereocenters. The fourth-order valence-corrected chi connectivity index (χ4v) is 2.60. The maximum atomic E-state index is 11.7. The SMILES string of the molecule is CCCCCCC1(C)CNCC1C(=O)OC. The van der Waals surface area contributed by atoms with E-state index in [4.69, 9.17) is 4.74 Å². The molecule has 0 aliphatic carbocycles. The molecule has 1 N–H and O–H groups in total. The van der Waals surface area contributed by atoms with Gasteiger partial charge in [-0.05, 0) is 11.8 Å². The lowest BCUT2D eigenvalue weighted by molar-refractivity contribution is -0.148. The van der Waals surface area contributed by atoms with E-state index in [-0.39, 0.29) is 17.3 Å². The van der Waals surface area contributed by atoms with E-state index in [1.165, 1.54) is 32.8 Å². The molecule has 3 heteroatoms. The van der Waals surface area contributed by atoms with Gasteiger partial charge >= 0.3 is 5.97 Å². The molecule has 1 saturated heterocycles. The number of carbonyl (C=O) groups is 1. The molecular weight excluding hydrogens is 202 g/mol. The highest BCUT2D eigenvalue weighted by Crippen LogP contribution is 2.37. The van der Waals surface area contributed by atoms with Gasteiger partial charge in [0.15, 0.2) is 0 Å². The monoisotopic (exact) mass is 227 g/mol. The fraction of sp³-hybridized carbons (Fsp3) is 0.923. The Labute approximate surface area is 98.9 Å². The van der Waals surface area contributed by atoms with Crippen LogP contribution in [0.5, 0.6) is 0 Å². The van der Waals surface area contributed by atoms with Crippen molar-refractivity contribution < 1.29 is 9.53 Å². The number of esters is 1. The van der Waals surface area contributed by atoms with Gasteiger partial charge in [-0.2, -0.15) is 0 Å². The Bertz CT molecular complexity index is 230. The van der Waals surface area contributed by atoms with Gasteiger partial charge in [-0.25, -0.2) is 0 Å². The maximum Gasteiger partial charge on any atom is 0.310 e. The largest absolute Gasteiger partial charge is 0.469 e. The zero-order valence-corrected chi connectivity index (χ0v) is 10.8. The second kappa shape index (κ2) is 6.24. The first-order valence-corrected chi connectivity index (χ1v) is 6.42. The van der Waals surface area contributed by atoms with Crippen molar-refractivity contribution in [3.8, 4) is 0 Å². The minimum Gasteiger partial charge on any atom is -0.469 e. The lowest BCUT2D eigenvalue weighted by atomic mass is 9.76. The van der Waals surface area contributed by atoms with Crippen molar-refractivity contribution in [2.75, 3.05) is 20.2 Å². The Kier molecular flexibility index (Phi) is 5.26. The van der Waals surface area contributed by atoms with Crippen LogP contribution >= 0.6 is 0 Å². The summed E-state index contributed by atoms with van der Waals surface area (Å²) in [5, 5.41) is 3.32. The Morgan fingerprint density at radius 1 is 1.44 bits per heavy atom. The predicted molar refractivity (Wildman–Crippen MR) is 65.2 cm³/mol. The van der Waals surface area contributed by atoms with Gasteiger partial charge in [0.25, 0.3) is 0 Å². The van der Waals surface area contributed by atoms with Gasteiger partial charge < -0.3 is 10.1 Å². The van der Waals surface area contributed by atoms with Gasteiger partial charge in [-0.3, -0.25) is 4.79 Å². The van der Waals surface area contributed by atoms with Crippen LogP contribution in [0.3, 0.4) is 0 Å². The highest BCUT2D eigenvalue weighted by Gasteiger charge is 2.43. The number of unbranched alkanes of at least 4 members (excludes halogenated alkanes) is 3. The number of ether oxygens (including phenoxy) is 1. The standard InChI is InChI=1S/C13H25NO2/c1-4-5-6-7-8-13(2)10-14-9-11(13)12(15)16-3/h11,14H,4-10H2,1-3H3. The second-order valence-corrected chi connectivity index (χ2v) is 5.17. The van der Waals surface area contributed by atoms with Crippen LogP contribution in [0.2, 0.25) is 0 Å². The average Bonchev–Trinajstić information content (AvgIpc) is 2.66. The molecule has 1 heterocycles. The van der Waals surface area contributed by atoms with Crippen molar-refractivity contribution in [3.63, 3.8) is 0 Å². The second-order valence-electron chi connectivity index (χ2n) is 5.17. The minimum absolute atomic E-state index is 0.0409. The van der Waals surface area contributed by atoms with Gasteiger partial charge in [-0.15, -0.1) is 0 Å². The number of methoxy groups -OCH3 is 1. The minimum atomic E-state index is -0.0528. The van der Waals surface area contributed by atoms with Crippen LogP contribution in [0.25, 0.3) is 0 Å². The number of hydrogen-bond acceptors (Lipinski definition) is 3. The first-order valence-electron chi connectivity index (χ1n) is 6.42. The molecule has 1 rings (SSSR count). The summed E-state index contributed by atoms with van der Waals surface area (Å²) in [5.74, 6) is -0.0119. The molecule has 0 aromatic heterocycles. The molecule has 0 spiro atoms. The molecule has 0 bridgehead atoms. The molecule has 0 aromatic rings. The number of nitrogens with one attached hydrogen (secondary N) is 1. The molecular formula is C13H25NO2. The van der Waals surface area contributed by atoms with Crippen LogP contribution < -0.4 is 5.32 Å². The molecule has 2 unspecified atom stereocenters. The van der Waals surface area contributed by atoms with E-state index >= 15 is 0 Å². The Morgan fingerprint density at radius 2 is 2.19 bits per heavy atom. The zero-order chi connectivity index (χ0) is 12.0. The lowest BCUT2D eigenvalue weighted by Gasteiger charge is -2.28. The lowest BCUT2D eigenvalue weighted by Crippen LogP contribution is -2.33. The van der Waals surface area contributed by atoms with Crippen molar-refractivity contribution >= 4 is 5.97 Å². The third kappa shape index (κ3) is 3.21. The van der Waals surface area contributed by atoms with E-state index in [2.05, 4.69) is 19.2 Å². The first kappa shape index (κ1) is 13.5. The molecule has 94 valence electrons. The van der Waals surface area contributed by atoms with Crippen LogP contribution in [-0.4, -0.2) is 26.2 Å². The third-order valence-electron chi connectivity index (χ3n) is 3.81. The van der Waals surface area contributed by atoms with Crippen LogP contribution in [0.1, 0.15) is 46.0 Å². The Hall–Kier alpha value is -0.570. The van der Waals surface area contributed by atoms with E-state index in [9.17, 15) is 4.79 Å². The summed E-state index contributed by atoms with van der Waals surface area (Å²) in [6.07, 6.45) is 6.18. The summed E-state index contributed by atoms with van der Waals surface area (Å²) < 4.78 is 4.88. The first-order chi connectivity index (χ1) is 7.64. The highest BCUT2D eigenvalue weighted by molar-refractivity contribution is 5.74. The van der Waals surface area contributed by atoms with Crippen molar-refractivity contribution in [1.29, 1.82) is 0 Å². The van der Waals surface area contributed by atoms with E-state index in [0.29, 0.717) is 0 Å². The maximum absolute atomic E-state index is 11.7. The van der Waals surface area contributed by atoms with Crippen LogP contribution in [0, 0.1) is 11.3 Å². The predicted octanol–water partition coefficient (Wildman–Crippen LogP) is 2.36. The van der Waals surface area contributed by atoms with Gasteiger partial charge in [0.05, 0.1) is 13.0 Å². The molecule has 0 radical (unpaired) electrons. The van der Waals surface area contributed by atoms with Crippen molar-refractivity contribution in [2.24, 2.45) is 11.3 Å². The smallest absolute Gasteiger partial charge is 0.310 e. The topological polar surface area (TPSA) is 38.3 Å². The summed E-state index contributed by atoms with van der Waals surface area (Å²) in [6.45, 7) is 6.15. The molecule has 1 aliphatic rings. The summed E-state index contributed by atoms with van der Waals surface area (Å²) in [6, 6.07) is 0. The van der Waals surface area contributed by atoms with Crippen LogP contribution in [-0.2, 0) is 9.53 Å². The van der Waals surface area contributed by atoms with Crippen LogP contribution in [0.15, 0.2) is 0 Å². The van der Waals surface area contributed by atoms with Crippen molar-refractivity contribution in [1.82, 2.24) is 5.32 Å². The van der Waals surface area contributed by atoms with Crippen molar-refractivity contribution in [3.05, 3.63) is 0 Å². The molecule has 1 fully saturated rings. The van der Waals surface area contributed by atoms with E-state index < -0.39 is 0 Å². The van der Waals surface area contributed by atoms with Gasteiger partial charge in [0, 0.05) is 13.1 Å². The summed E-state index contributed by atoms with van der Waals surface area (Å²) >= 11 is 0. The highest BCUT2D eigenvalue weighted by atomic mass is 16.5. The summed E-state index contributed by atoms with van der Waals surface area (Å²) in [7, 11) is 1.48. The molecule has 0 amide bonds. The van der Waals surface area contributed by atoms with Gasteiger partial charge in [-0.1, -0.05) is 39.5 Å². The molecule has 0 aromatic carbocycles. The molecule has 3 nitrogen and oxygen atoms in total. The Balaban J connectivity index is 2.43. The third-order valence-corrected chi connectivity index (χ3v) is 3.81. The van der Waals surface area contributed by atoms with Crippen molar-refractivity contribution in [2.45, 2.75) is 46.0 Å². The number of rotatable bonds is 6. The zero-order valence-electron chi connectivity index (χ0n) is 10.8. The van der Waals surface area contributed by atoms with Crippen LogP contribution in [0.4, 0.5) is 0 Å². The quantitative estimate of drug-likeness (QED) is 0.559. The average molecular weight is 227 g/mol. The van der Waals surface area contributed by atoms with E-state index in [1.807, 2.05) is 0 Å². The number of carbonyl (C=O) groups excluding carboxylic acids is 1. The summed E-state index contributed by atoms with van der Waals surface area (Å²) in [4.78, 5) is 11.7. The van der Waals surface area contributed by atoms with Gasteiger partial charge in [0.1, 0.15) is 0 Å². The van der Waals surface area contributed by atoms with Gasteiger partial charge in [0.2, 0.25) is 0 Å². The van der Waals surface area contributed by atoms with E-state index in [1.54, 1.807) is 0 Å². The fourth-order valence-electron chi connectivity index (χ4n) is 2.60. The number of hydrogen-bond donors (Lipinski definition) is 1. The summed E-state index contributed by atoms with van der Waals surface area (Å²) in [5.41, 5.74) is 0.0981. The van der Waals surface area contributed by atoms with E-state index in [0.717, 1.165) is 19.5 Å². The Morgan fingerprint density at radius 3 is 2.81 bits per heavy atom.